The average Bonchev–Trinajstić information content (AvgIpc) is 3.25. The van der Waals surface area contributed by atoms with Gasteiger partial charge < -0.3 is 16.0 Å². The van der Waals surface area contributed by atoms with E-state index in [4.69, 9.17) is 0 Å². The van der Waals surface area contributed by atoms with E-state index in [0.29, 0.717) is 5.56 Å². The number of amides is 1. The van der Waals surface area contributed by atoms with Gasteiger partial charge in [-0.3, -0.25) is 9.78 Å². The number of aromatic nitrogens is 2. The van der Waals surface area contributed by atoms with Gasteiger partial charge in [0.15, 0.2) is 5.13 Å². The number of thiazole rings is 1. The van der Waals surface area contributed by atoms with Gasteiger partial charge in [-0.25, -0.2) is 4.98 Å². The van der Waals surface area contributed by atoms with Crippen molar-refractivity contribution < 1.29 is 4.79 Å². The molecule has 4 aromatic rings. The first-order valence-electron chi connectivity index (χ1n) is 9.45. The largest absolute Gasteiger partial charge is 0.388 e. The third kappa shape index (κ3) is 4.47. The maximum absolute atomic E-state index is 12.6. The number of anilines is 4. The van der Waals surface area contributed by atoms with Crippen LogP contribution in [-0.2, 0) is 0 Å². The van der Waals surface area contributed by atoms with E-state index >= 15 is 0 Å². The van der Waals surface area contributed by atoms with Crippen molar-refractivity contribution in [1.82, 2.24) is 9.97 Å². The number of rotatable bonds is 6. The summed E-state index contributed by atoms with van der Waals surface area (Å²) in [6, 6.07) is 17.0. The fourth-order valence-corrected chi connectivity index (χ4v) is 3.65. The highest BCUT2D eigenvalue weighted by molar-refractivity contribution is 7.14. The van der Waals surface area contributed by atoms with E-state index in [2.05, 4.69) is 25.9 Å². The highest BCUT2D eigenvalue weighted by Gasteiger charge is 2.10. The molecule has 2 aromatic carbocycles. The number of hydrogen-bond donors (Lipinski definition) is 3. The second kappa shape index (κ2) is 8.75. The third-order valence-corrected chi connectivity index (χ3v) is 5.39. The molecule has 0 aliphatic heterocycles. The summed E-state index contributed by atoms with van der Waals surface area (Å²) in [7, 11) is 1.85. The maximum Gasteiger partial charge on any atom is 0.255 e. The first kappa shape index (κ1) is 19.6. The molecule has 4 rings (SSSR count). The predicted molar refractivity (Wildman–Crippen MR) is 124 cm³/mol. The van der Waals surface area contributed by atoms with Crippen LogP contribution in [0.15, 0.2) is 72.4 Å². The first-order valence-corrected chi connectivity index (χ1v) is 10.3. The summed E-state index contributed by atoms with van der Waals surface area (Å²) in [4.78, 5) is 21.3. The van der Waals surface area contributed by atoms with Crippen LogP contribution in [0.1, 0.15) is 15.9 Å². The minimum Gasteiger partial charge on any atom is -0.388 e. The summed E-state index contributed by atoms with van der Waals surface area (Å²) in [5.74, 6) is -0.152. The van der Waals surface area contributed by atoms with Gasteiger partial charge >= 0.3 is 0 Å². The molecule has 1 amide bonds. The molecule has 3 N–H and O–H groups in total. The van der Waals surface area contributed by atoms with Crippen LogP contribution < -0.4 is 16.0 Å². The Labute approximate surface area is 179 Å². The van der Waals surface area contributed by atoms with Gasteiger partial charge in [0.2, 0.25) is 0 Å². The number of nitrogens with one attached hydrogen (secondary N) is 3. The van der Waals surface area contributed by atoms with E-state index in [-0.39, 0.29) is 5.91 Å². The van der Waals surface area contributed by atoms with E-state index in [9.17, 15) is 4.79 Å². The molecule has 150 valence electrons. The van der Waals surface area contributed by atoms with Crippen LogP contribution in [0.4, 0.5) is 22.2 Å². The van der Waals surface area contributed by atoms with Gasteiger partial charge in [0, 0.05) is 53.0 Å². The second-order valence-electron chi connectivity index (χ2n) is 6.72. The van der Waals surface area contributed by atoms with Gasteiger partial charge in [-0.2, -0.15) is 0 Å². The normalized spacial score (nSPS) is 10.5. The van der Waals surface area contributed by atoms with Crippen molar-refractivity contribution in [3.63, 3.8) is 0 Å². The molecule has 0 fully saturated rings. The molecule has 6 nitrogen and oxygen atoms in total. The second-order valence-corrected chi connectivity index (χ2v) is 7.57. The zero-order valence-corrected chi connectivity index (χ0v) is 17.5. The molecule has 0 spiro atoms. The minimum atomic E-state index is -0.152. The molecule has 0 aliphatic carbocycles. The van der Waals surface area contributed by atoms with E-state index in [1.165, 1.54) is 11.3 Å². The van der Waals surface area contributed by atoms with Crippen LogP contribution in [0.3, 0.4) is 0 Å². The van der Waals surface area contributed by atoms with Crippen molar-refractivity contribution in [2.24, 2.45) is 0 Å². The molecule has 0 atom stereocenters. The average molecular weight is 416 g/mol. The zero-order valence-electron chi connectivity index (χ0n) is 16.6. The summed E-state index contributed by atoms with van der Waals surface area (Å²) < 4.78 is 0. The number of hydrogen-bond acceptors (Lipinski definition) is 6. The predicted octanol–water partition coefficient (Wildman–Crippen LogP) is 5.55. The third-order valence-electron chi connectivity index (χ3n) is 4.63. The quantitative estimate of drug-likeness (QED) is 0.385. The maximum atomic E-state index is 12.6. The van der Waals surface area contributed by atoms with Crippen LogP contribution >= 0.6 is 11.3 Å². The van der Waals surface area contributed by atoms with Crippen LogP contribution in [0.25, 0.3) is 11.3 Å². The topological polar surface area (TPSA) is 78.9 Å². The van der Waals surface area contributed by atoms with Crippen molar-refractivity contribution in [2.45, 2.75) is 6.92 Å². The zero-order chi connectivity index (χ0) is 20.9. The Morgan fingerprint density at radius 3 is 2.57 bits per heavy atom. The van der Waals surface area contributed by atoms with Crippen molar-refractivity contribution in [3.05, 3.63) is 83.5 Å². The lowest BCUT2D eigenvalue weighted by Gasteiger charge is -2.11. The lowest BCUT2D eigenvalue weighted by atomic mass is 10.1. The fraction of sp³-hybridized carbons (Fsp3) is 0.0870. The molecule has 7 heteroatoms. The summed E-state index contributed by atoms with van der Waals surface area (Å²) in [6.45, 7) is 2.01. The summed E-state index contributed by atoms with van der Waals surface area (Å²) in [5, 5.41) is 12.1. The van der Waals surface area contributed by atoms with Gasteiger partial charge in [0.1, 0.15) is 0 Å². The molecule has 2 heterocycles. The molecular formula is C23H21N5OS. The Bertz CT molecular complexity index is 1160. The van der Waals surface area contributed by atoms with E-state index < -0.39 is 0 Å². The lowest BCUT2D eigenvalue weighted by Crippen LogP contribution is -2.12. The van der Waals surface area contributed by atoms with Crippen LogP contribution in [0, 0.1) is 6.92 Å². The molecule has 0 radical (unpaired) electrons. The van der Waals surface area contributed by atoms with E-state index in [1.54, 1.807) is 24.5 Å². The number of carbonyl (C=O) groups excluding carboxylic acids is 1. The van der Waals surface area contributed by atoms with Gasteiger partial charge in [-0.05, 0) is 61.0 Å². The van der Waals surface area contributed by atoms with Gasteiger partial charge in [0.05, 0.1) is 5.69 Å². The minimum absolute atomic E-state index is 0.152. The molecule has 30 heavy (non-hydrogen) atoms. The van der Waals surface area contributed by atoms with Crippen molar-refractivity contribution in [3.8, 4) is 11.3 Å². The summed E-state index contributed by atoms with van der Waals surface area (Å²) >= 11 is 1.52. The number of benzene rings is 2. The van der Waals surface area contributed by atoms with Gasteiger partial charge in [-0.1, -0.05) is 6.07 Å². The molecule has 2 aromatic heterocycles. The van der Waals surface area contributed by atoms with Crippen LogP contribution in [-0.4, -0.2) is 22.9 Å². The van der Waals surface area contributed by atoms with Crippen LogP contribution in [0.5, 0.6) is 0 Å². The molecular weight excluding hydrogens is 394 g/mol. The molecule has 0 bridgehead atoms. The van der Waals surface area contributed by atoms with Crippen LogP contribution in [0.2, 0.25) is 0 Å². The standard InChI is InChI=1S/C23H21N5OS/c1-15-5-8-19(26-22(29)16-6-9-18(24-2)10-7-16)12-20(15)27-23-28-21(14-30-23)17-4-3-11-25-13-17/h3-14,24H,1-2H3,(H,26,29)(H,27,28). The smallest absolute Gasteiger partial charge is 0.255 e. The number of aryl methyl sites for hydroxylation is 1. The number of pyridine rings is 1. The molecule has 0 unspecified atom stereocenters. The Kier molecular flexibility index (Phi) is 5.72. The molecule has 0 saturated heterocycles. The van der Waals surface area contributed by atoms with Crippen molar-refractivity contribution in [1.29, 1.82) is 0 Å². The fourth-order valence-electron chi connectivity index (χ4n) is 2.92. The Hall–Kier alpha value is -3.71. The van der Waals surface area contributed by atoms with Gasteiger partial charge in [-0.15, -0.1) is 11.3 Å². The highest BCUT2D eigenvalue weighted by Crippen LogP contribution is 2.29. The molecule has 0 saturated carbocycles. The van der Waals surface area contributed by atoms with Gasteiger partial charge in [0.25, 0.3) is 5.91 Å². The van der Waals surface area contributed by atoms with Crippen molar-refractivity contribution >= 4 is 39.4 Å². The Morgan fingerprint density at radius 1 is 1.03 bits per heavy atom. The highest BCUT2D eigenvalue weighted by atomic mass is 32.1. The number of nitrogens with zero attached hydrogens (tertiary/aromatic N) is 2. The SMILES string of the molecule is CNc1ccc(C(=O)Nc2ccc(C)c(Nc3nc(-c4cccnc4)cs3)c2)cc1. The summed E-state index contributed by atoms with van der Waals surface area (Å²) in [5.41, 5.74) is 6.09. The van der Waals surface area contributed by atoms with Crippen molar-refractivity contribution in [2.75, 3.05) is 23.0 Å². The summed E-state index contributed by atoms with van der Waals surface area (Å²) in [6.07, 6.45) is 3.54. The monoisotopic (exact) mass is 415 g/mol. The first-order chi connectivity index (χ1) is 14.6. The van der Waals surface area contributed by atoms with E-state index in [1.807, 2.05) is 61.8 Å². The molecule has 0 aliphatic rings. The number of carbonyl (C=O) groups is 1. The van der Waals surface area contributed by atoms with E-state index in [0.717, 1.165) is 39.0 Å². The Morgan fingerprint density at radius 2 is 1.83 bits per heavy atom. The lowest BCUT2D eigenvalue weighted by molar-refractivity contribution is 0.102. The Balaban J connectivity index is 1.49.